The van der Waals surface area contributed by atoms with E-state index >= 15 is 0 Å². The van der Waals surface area contributed by atoms with Crippen LogP contribution in [0.15, 0.2) is 6.20 Å². The molecular weight excluding hydrogens is 96.0 g/mol. The van der Waals surface area contributed by atoms with Crippen LogP contribution in [0.4, 0.5) is 0 Å². The van der Waals surface area contributed by atoms with Crippen LogP contribution in [0.3, 0.4) is 0 Å². The second-order valence-corrected chi connectivity index (χ2v) is 1.15. The van der Waals surface area contributed by atoms with Crippen molar-refractivity contribution >= 4 is 0 Å². The summed E-state index contributed by atoms with van der Waals surface area (Å²) >= 11 is 0. The van der Waals surface area contributed by atoms with Crippen molar-refractivity contribution in [1.82, 2.24) is 4.98 Å². The summed E-state index contributed by atoms with van der Waals surface area (Å²) < 4.78 is 0. The van der Waals surface area contributed by atoms with Gasteiger partial charge in [0.25, 0.3) is 0 Å². The van der Waals surface area contributed by atoms with E-state index in [2.05, 4.69) is 9.97 Å². The zero-order valence-electron chi connectivity index (χ0n) is 3.47. The highest BCUT2D eigenvalue weighted by Crippen LogP contribution is 2.00. The zero-order chi connectivity index (χ0) is 5.28. The lowest BCUT2D eigenvalue weighted by atomic mass is 10.9. The number of aromatic nitrogens is 2. The third-order valence-electron chi connectivity index (χ3n) is 0.592. The van der Waals surface area contributed by atoms with Gasteiger partial charge in [-0.25, -0.2) is 4.98 Å². The highest BCUT2D eigenvalue weighted by atomic mass is 16.3. The Kier molecular flexibility index (Phi) is 0.651. The average Bonchev–Trinajstić information content (AvgIpc) is 1.87. The van der Waals surface area contributed by atoms with E-state index in [-0.39, 0.29) is 11.9 Å². The minimum absolute atomic E-state index is 0.0718. The van der Waals surface area contributed by atoms with Crippen LogP contribution in [-0.2, 0) is 0 Å². The third-order valence-corrected chi connectivity index (χ3v) is 0.592. The Bertz CT molecular complexity index is 143. The van der Waals surface area contributed by atoms with Crippen molar-refractivity contribution in [3.05, 3.63) is 6.20 Å². The van der Waals surface area contributed by atoms with Crippen LogP contribution in [0.2, 0.25) is 0 Å². The summed E-state index contributed by atoms with van der Waals surface area (Å²) in [6.45, 7) is 0. The Labute approximate surface area is 39.4 Å². The monoisotopic (exact) mass is 101 g/mol. The molecule has 1 rings (SSSR count). The Balaban J connectivity index is 3.04. The molecule has 1 aromatic heterocycles. The van der Waals surface area contributed by atoms with Crippen molar-refractivity contribution in [1.29, 1.82) is 0 Å². The van der Waals surface area contributed by atoms with E-state index in [1.165, 1.54) is 6.20 Å². The minimum Gasteiger partial charge on any atom is -0.475 e. The molecule has 1 heterocycles. The summed E-state index contributed by atoms with van der Waals surface area (Å²) in [7, 11) is 0. The average molecular weight is 101 g/mol. The van der Waals surface area contributed by atoms with Gasteiger partial charge in [0.2, 0.25) is 0 Å². The fraction of sp³-hybridized carbons (Fsp3) is 0. The topological polar surface area (TPSA) is 70.4 Å². The molecule has 0 amide bonds. The summed E-state index contributed by atoms with van der Waals surface area (Å²) in [4.78, 5) is 4.51. The van der Waals surface area contributed by atoms with Gasteiger partial charge >= 0.3 is 11.9 Å². The quantitative estimate of drug-likeness (QED) is 0.402. The van der Waals surface area contributed by atoms with Gasteiger partial charge in [-0.15, -0.1) is 0 Å². The van der Waals surface area contributed by atoms with Gasteiger partial charge in [0.05, 0.1) is 0 Å². The first-order valence-electron chi connectivity index (χ1n) is 1.77. The largest absolute Gasteiger partial charge is 0.475 e. The molecule has 4 heteroatoms. The van der Waals surface area contributed by atoms with Gasteiger partial charge in [0, 0.05) is 0 Å². The first kappa shape index (κ1) is 3.98. The van der Waals surface area contributed by atoms with Gasteiger partial charge < -0.3 is 10.2 Å². The molecule has 0 aliphatic rings. The molecule has 0 fully saturated rings. The van der Waals surface area contributed by atoms with E-state index in [1.807, 2.05) is 0 Å². The van der Waals surface area contributed by atoms with E-state index in [9.17, 15) is 0 Å². The van der Waals surface area contributed by atoms with Gasteiger partial charge in [0.15, 0.2) is 6.20 Å². The predicted octanol–water partition coefficient (Wildman–Crippen LogP) is -0.760. The molecule has 7 heavy (non-hydrogen) atoms. The van der Waals surface area contributed by atoms with Gasteiger partial charge in [-0.05, 0) is 0 Å². The lowest BCUT2D eigenvalue weighted by Crippen LogP contribution is -1.91. The van der Waals surface area contributed by atoms with Crippen LogP contribution < -0.4 is 4.98 Å². The van der Waals surface area contributed by atoms with Crippen molar-refractivity contribution in [3.63, 3.8) is 0 Å². The Morgan fingerprint density at radius 1 is 1.57 bits per heavy atom. The van der Waals surface area contributed by atoms with Crippen LogP contribution in [0.5, 0.6) is 11.9 Å². The molecule has 1 aromatic rings. The second kappa shape index (κ2) is 1.14. The molecule has 4 nitrogen and oxygen atoms in total. The molecule has 0 aliphatic heterocycles. The molecular formula is C3H5N2O2+. The van der Waals surface area contributed by atoms with Crippen molar-refractivity contribution < 1.29 is 15.2 Å². The van der Waals surface area contributed by atoms with Crippen molar-refractivity contribution in [3.8, 4) is 11.9 Å². The molecule has 4 N–H and O–H groups in total. The van der Waals surface area contributed by atoms with Crippen molar-refractivity contribution in [2.24, 2.45) is 0 Å². The minimum atomic E-state index is -0.141. The van der Waals surface area contributed by atoms with Crippen LogP contribution in [-0.4, -0.2) is 15.2 Å². The Morgan fingerprint density at radius 3 is 2.43 bits per heavy atom. The maximum Gasteiger partial charge on any atom is 0.452 e. The molecule has 0 spiro atoms. The lowest BCUT2D eigenvalue weighted by molar-refractivity contribution is -0.392. The maximum absolute atomic E-state index is 8.41. The number of hydrogen-bond acceptors (Lipinski definition) is 2. The SMILES string of the molecule is Oc1c[nH+]c(O)[nH]1. The zero-order valence-corrected chi connectivity index (χ0v) is 3.47. The number of imidazole rings is 1. The number of hydrogen-bond donors (Lipinski definition) is 3. The number of rotatable bonds is 0. The van der Waals surface area contributed by atoms with Gasteiger partial charge in [0.1, 0.15) is 0 Å². The highest BCUT2D eigenvalue weighted by Gasteiger charge is 1.99. The Morgan fingerprint density at radius 2 is 2.29 bits per heavy atom. The molecule has 38 valence electrons. The normalized spacial score (nSPS) is 9.14. The maximum atomic E-state index is 8.41. The summed E-state index contributed by atoms with van der Waals surface area (Å²) in [6, 6.07) is -0.141. The molecule has 0 bridgehead atoms. The predicted molar refractivity (Wildman–Crippen MR) is 20.7 cm³/mol. The number of aromatic amines is 2. The van der Waals surface area contributed by atoms with Crippen LogP contribution in [0.25, 0.3) is 0 Å². The molecule has 0 atom stereocenters. The third kappa shape index (κ3) is 0.623. The van der Waals surface area contributed by atoms with E-state index in [0.717, 1.165) is 0 Å². The summed E-state index contributed by atoms with van der Waals surface area (Å²) in [5, 5.41) is 16.8. The molecule has 0 aliphatic carbocycles. The van der Waals surface area contributed by atoms with E-state index in [0.29, 0.717) is 0 Å². The molecule has 0 saturated carbocycles. The van der Waals surface area contributed by atoms with E-state index < -0.39 is 0 Å². The molecule has 0 aromatic carbocycles. The Hall–Kier alpha value is -1.19. The molecule has 0 radical (unpaired) electrons. The first-order valence-corrected chi connectivity index (χ1v) is 1.77. The fourth-order valence-electron chi connectivity index (χ4n) is 0.330. The lowest BCUT2D eigenvalue weighted by Gasteiger charge is -1.64. The van der Waals surface area contributed by atoms with Crippen LogP contribution in [0.1, 0.15) is 0 Å². The smallest absolute Gasteiger partial charge is 0.452 e. The first-order chi connectivity index (χ1) is 3.29. The van der Waals surface area contributed by atoms with Crippen LogP contribution in [0, 0.1) is 0 Å². The van der Waals surface area contributed by atoms with Crippen molar-refractivity contribution in [2.75, 3.05) is 0 Å². The number of H-pyrrole nitrogens is 2. The standard InChI is InChI=1S/C3H4N2O2/c6-2-1-4-3(7)5-2/h1,6H,(H2,4,5,7)/p+1. The fourth-order valence-corrected chi connectivity index (χ4v) is 0.330. The van der Waals surface area contributed by atoms with E-state index in [4.69, 9.17) is 10.2 Å². The van der Waals surface area contributed by atoms with Gasteiger partial charge in [-0.3, -0.25) is 0 Å². The molecule has 0 unspecified atom stereocenters. The highest BCUT2D eigenvalue weighted by molar-refractivity contribution is 4.98. The molecule has 0 saturated heterocycles. The van der Waals surface area contributed by atoms with Gasteiger partial charge in [-0.1, -0.05) is 0 Å². The summed E-state index contributed by atoms with van der Waals surface area (Å²) in [5.41, 5.74) is 0. The van der Waals surface area contributed by atoms with Crippen molar-refractivity contribution in [2.45, 2.75) is 0 Å². The number of aromatic hydroxyl groups is 2. The van der Waals surface area contributed by atoms with E-state index in [1.54, 1.807) is 0 Å². The number of nitrogens with one attached hydrogen (secondary N) is 2. The summed E-state index contributed by atoms with van der Waals surface area (Å²) in [6.07, 6.45) is 1.25. The van der Waals surface area contributed by atoms with Gasteiger partial charge in [-0.2, -0.15) is 4.98 Å². The van der Waals surface area contributed by atoms with Crippen LogP contribution >= 0.6 is 0 Å². The summed E-state index contributed by atoms with van der Waals surface area (Å²) in [5.74, 6) is -0.0718. The second-order valence-electron chi connectivity index (χ2n) is 1.15.